The Morgan fingerprint density at radius 2 is 2.11 bits per heavy atom. The van der Waals surface area contributed by atoms with E-state index in [9.17, 15) is 9.18 Å². The largest absolute Gasteiger partial charge is 0.487 e. The highest BCUT2D eigenvalue weighted by atomic mass is 35.5. The summed E-state index contributed by atoms with van der Waals surface area (Å²) < 4.78 is 21.8. The van der Waals surface area contributed by atoms with E-state index in [4.69, 9.17) is 4.74 Å². The van der Waals surface area contributed by atoms with Crippen molar-refractivity contribution in [1.82, 2.24) is 15.1 Å². The first kappa shape index (κ1) is 20.6. The van der Waals surface area contributed by atoms with Crippen LogP contribution in [0.1, 0.15) is 37.2 Å². The second kappa shape index (κ2) is 8.92. The number of benzene rings is 1. The van der Waals surface area contributed by atoms with Crippen LogP contribution in [0.25, 0.3) is 0 Å². The van der Waals surface area contributed by atoms with Crippen molar-refractivity contribution in [3.05, 3.63) is 42.0 Å². The molecule has 1 saturated heterocycles. The quantitative estimate of drug-likeness (QED) is 0.796. The van der Waals surface area contributed by atoms with Crippen LogP contribution in [0, 0.1) is 11.7 Å². The molecular weight excluding hydrogens is 383 g/mol. The molecule has 1 aromatic carbocycles. The Kier molecular flexibility index (Phi) is 6.57. The van der Waals surface area contributed by atoms with Gasteiger partial charge in [-0.2, -0.15) is 5.10 Å². The summed E-state index contributed by atoms with van der Waals surface area (Å²) in [4.78, 5) is 12.7. The minimum atomic E-state index is -0.437. The van der Waals surface area contributed by atoms with Gasteiger partial charge >= 0.3 is 0 Å². The van der Waals surface area contributed by atoms with E-state index in [1.807, 2.05) is 13.2 Å². The van der Waals surface area contributed by atoms with Gasteiger partial charge in [0.05, 0.1) is 18.2 Å². The SMILES string of the molecule is Cl.Cn1cc([C@H]2CNC[C@@H]2C(=O)Nc2ccc(OC3CCCC3)c(F)c2)cn1. The lowest BCUT2D eigenvalue weighted by Crippen LogP contribution is -2.28. The van der Waals surface area contributed by atoms with Crippen LogP contribution in [0.2, 0.25) is 0 Å². The lowest BCUT2D eigenvalue weighted by molar-refractivity contribution is -0.119. The molecular formula is C20H26ClFN4O2. The molecule has 4 rings (SSSR count). The smallest absolute Gasteiger partial charge is 0.229 e. The number of rotatable bonds is 5. The fourth-order valence-corrected chi connectivity index (χ4v) is 4.03. The zero-order valence-electron chi connectivity index (χ0n) is 15.9. The van der Waals surface area contributed by atoms with Crippen molar-refractivity contribution in [3.63, 3.8) is 0 Å². The maximum atomic E-state index is 14.4. The molecule has 0 spiro atoms. The van der Waals surface area contributed by atoms with Gasteiger partial charge in [-0.3, -0.25) is 9.48 Å². The first-order valence-electron chi connectivity index (χ1n) is 9.56. The van der Waals surface area contributed by atoms with E-state index in [-0.39, 0.29) is 42.0 Å². The molecule has 1 saturated carbocycles. The molecule has 0 radical (unpaired) electrons. The third kappa shape index (κ3) is 4.47. The average molecular weight is 409 g/mol. The van der Waals surface area contributed by atoms with E-state index >= 15 is 0 Å². The van der Waals surface area contributed by atoms with Crippen molar-refractivity contribution < 1.29 is 13.9 Å². The summed E-state index contributed by atoms with van der Waals surface area (Å²) in [7, 11) is 1.86. The number of aryl methyl sites for hydroxylation is 1. The third-order valence-corrected chi connectivity index (χ3v) is 5.50. The zero-order chi connectivity index (χ0) is 18.8. The van der Waals surface area contributed by atoms with Crippen LogP contribution in [0.5, 0.6) is 5.75 Å². The molecule has 28 heavy (non-hydrogen) atoms. The average Bonchev–Trinajstić information content (AvgIpc) is 3.38. The van der Waals surface area contributed by atoms with Crippen molar-refractivity contribution in [2.24, 2.45) is 13.0 Å². The van der Waals surface area contributed by atoms with E-state index < -0.39 is 5.82 Å². The molecule has 0 bridgehead atoms. The van der Waals surface area contributed by atoms with E-state index in [2.05, 4.69) is 15.7 Å². The van der Waals surface area contributed by atoms with Gasteiger partial charge in [0, 0.05) is 44.0 Å². The van der Waals surface area contributed by atoms with Crippen LogP contribution in [0.15, 0.2) is 30.6 Å². The Morgan fingerprint density at radius 1 is 1.32 bits per heavy atom. The molecule has 0 unspecified atom stereocenters. The predicted molar refractivity (Wildman–Crippen MR) is 107 cm³/mol. The number of ether oxygens (including phenoxy) is 1. The Balaban J connectivity index is 0.00000225. The topological polar surface area (TPSA) is 68.2 Å². The summed E-state index contributed by atoms with van der Waals surface area (Å²) >= 11 is 0. The molecule has 2 aromatic rings. The number of hydrogen-bond donors (Lipinski definition) is 2. The summed E-state index contributed by atoms with van der Waals surface area (Å²) in [6.45, 7) is 1.32. The van der Waals surface area contributed by atoms with E-state index in [1.54, 1.807) is 23.0 Å². The van der Waals surface area contributed by atoms with Gasteiger partial charge in [-0.05, 0) is 43.4 Å². The number of anilines is 1. The van der Waals surface area contributed by atoms with Crippen molar-refractivity contribution in [1.29, 1.82) is 0 Å². The molecule has 2 aliphatic rings. The van der Waals surface area contributed by atoms with Gasteiger partial charge in [-0.1, -0.05) is 0 Å². The number of aromatic nitrogens is 2. The van der Waals surface area contributed by atoms with E-state index in [0.29, 0.717) is 12.2 Å². The molecule has 2 N–H and O–H groups in total. The number of hydrogen-bond acceptors (Lipinski definition) is 4. The highest BCUT2D eigenvalue weighted by molar-refractivity contribution is 5.93. The summed E-state index contributed by atoms with van der Waals surface area (Å²) in [6.07, 6.45) is 8.05. The molecule has 1 aliphatic heterocycles. The number of nitrogens with zero attached hydrogens (tertiary/aromatic N) is 2. The predicted octanol–water partition coefficient (Wildman–Crippen LogP) is 3.24. The lowest BCUT2D eigenvalue weighted by atomic mass is 9.90. The first-order valence-corrected chi connectivity index (χ1v) is 9.56. The number of halogens is 2. The number of carbonyl (C=O) groups excluding carboxylic acids is 1. The molecule has 1 aliphatic carbocycles. The van der Waals surface area contributed by atoms with Crippen LogP contribution in [-0.2, 0) is 11.8 Å². The molecule has 1 aromatic heterocycles. The van der Waals surface area contributed by atoms with Crippen molar-refractivity contribution >= 4 is 24.0 Å². The minimum absolute atomic E-state index is 0. The standard InChI is InChI=1S/C20H25FN4O2.ClH/c1-25-12-13(9-23-25)16-10-22-11-17(16)20(26)24-14-6-7-19(18(21)8-14)27-15-4-2-3-5-15;/h6-9,12,15-17,22H,2-5,10-11H2,1H3,(H,24,26);1H/t16-,17+;/m1./s1. The second-order valence-corrected chi connectivity index (χ2v) is 7.48. The van der Waals surface area contributed by atoms with Gasteiger partial charge in [0.1, 0.15) is 0 Å². The molecule has 2 heterocycles. The van der Waals surface area contributed by atoms with Crippen molar-refractivity contribution in [3.8, 4) is 5.75 Å². The van der Waals surface area contributed by atoms with Gasteiger partial charge in [0.25, 0.3) is 0 Å². The Hall–Kier alpha value is -2.12. The zero-order valence-corrected chi connectivity index (χ0v) is 16.7. The van der Waals surface area contributed by atoms with Gasteiger partial charge in [-0.25, -0.2) is 4.39 Å². The highest BCUT2D eigenvalue weighted by Gasteiger charge is 2.34. The highest BCUT2D eigenvalue weighted by Crippen LogP contribution is 2.30. The normalized spacial score (nSPS) is 22.1. The van der Waals surface area contributed by atoms with Gasteiger partial charge in [-0.15, -0.1) is 12.4 Å². The first-order chi connectivity index (χ1) is 13.1. The Labute approximate surface area is 170 Å². The van der Waals surface area contributed by atoms with Crippen LogP contribution < -0.4 is 15.4 Å². The van der Waals surface area contributed by atoms with Gasteiger partial charge in [0.15, 0.2) is 11.6 Å². The Bertz CT molecular complexity index is 822. The molecule has 1 amide bonds. The Morgan fingerprint density at radius 3 is 2.79 bits per heavy atom. The van der Waals surface area contributed by atoms with Gasteiger partial charge in [0.2, 0.25) is 5.91 Å². The third-order valence-electron chi connectivity index (χ3n) is 5.50. The fourth-order valence-electron chi connectivity index (χ4n) is 4.03. The molecule has 2 atom stereocenters. The lowest BCUT2D eigenvalue weighted by Gasteiger charge is -2.18. The summed E-state index contributed by atoms with van der Waals surface area (Å²) in [5.74, 6) is -0.443. The van der Waals surface area contributed by atoms with Crippen LogP contribution in [0.3, 0.4) is 0 Å². The van der Waals surface area contributed by atoms with Crippen LogP contribution >= 0.6 is 12.4 Å². The summed E-state index contributed by atoms with van der Waals surface area (Å²) in [5.41, 5.74) is 1.49. The molecule has 6 nitrogen and oxygen atoms in total. The summed E-state index contributed by atoms with van der Waals surface area (Å²) in [6, 6.07) is 4.64. The monoisotopic (exact) mass is 408 g/mol. The van der Waals surface area contributed by atoms with E-state index in [1.165, 1.54) is 6.07 Å². The minimum Gasteiger partial charge on any atom is -0.487 e. The van der Waals surface area contributed by atoms with Crippen LogP contribution in [0.4, 0.5) is 10.1 Å². The maximum Gasteiger partial charge on any atom is 0.229 e. The second-order valence-electron chi connectivity index (χ2n) is 7.48. The van der Waals surface area contributed by atoms with Crippen LogP contribution in [-0.4, -0.2) is 34.9 Å². The molecule has 8 heteroatoms. The number of amides is 1. The summed E-state index contributed by atoms with van der Waals surface area (Å²) in [5, 5.41) is 10.3. The molecule has 152 valence electrons. The molecule has 2 fully saturated rings. The van der Waals surface area contributed by atoms with Crippen molar-refractivity contribution in [2.75, 3.05) is 18.4 Å². The number of nitrogens with one attached hydrogen (secondary N) is 2. The number of carbonyl (C=O) groups is 1. The maximum absolute atomic E-state index is 14.4. The van der Waals surface area contributed by atoms with Gasteiger partial charge < -0.3 is 15.4 Å². The fraction of sp³-hybridized carbons (Fsp3) is 0.500. The van der Waals surface area contributed by atoms with Crippen molar-refractivity contribution in [2.45, 2.75) is 37.7 Å². The van der Waals surface area contributed by atoms with E-state index in [0.717, 1.165) is 37.8 Å².